The first-order valence-electron chi connectivity index (χ1n) is 8.70. The van der Waals surface area contributed by atoms with Crippen molar-refractivity contribution in [2.75, 3.05) is 6.54 Å². The van der Waals surface area contributed by atoms with Crippen molar-refractivity contribution in [2.24, 2.45) is 5.10 Å². The smallest absolute Gasteiger partial charge is 0.251 e. The van der Waals surface area contributed by atoms with Gasteiger partial charge in [-0.2, -0.15) is 5.10 Å². The molecule has 0 atom stereocenters. The van der Waals surface area contributed by atoms with Gasteiger partial charge in [0.15, 0.2) is 0 Å². The number of hydrogen-bond donors (Lipinski definition) is 3. The van der Waals surface area contributed by atoms with Gasteiger partial charge < -0.3 is 10.4 Å². The molecule has 0 saturated carbocycles. The number of hydrogen-bond acceptors (Lipinski definition) is 4. The van der Waals surface area contributed by atoms with E-state index < -0.39 is 0 Å². The predicted octanol–water partition coefficient (Wildman–Crippen LogP) is 3.60. The minimum Gasteiger partial charge on any atom is -0.507 e. The van der Waals surface area contributed by atoms with Gasteiger partial charge in [0.2, 0.25) is 5.91 Å². The highest BCUT2D eigenvalue weighted by Crippen LogP contribution is 2.19. The van der Waals surface area contributed by atoms with Crippen LogP contribution in [-0.4, -0.2) is 29.7 Å². The topological polar surface area (TPSA) is 90.8 Å². The first kappa shape index (κ1) is 20.6. The number of benzene rings is 2. The number of carbonyl (C=O) groups is 2. The minimum absolute atomic E-state index is 0.0847. The maximum atomic E-state index is 11.9. The summed E-state index contributed by atoms with van der Waals surface area (Å²) in [7, 11) is 0. The lowest BCUT2D eigenvalue weighted by Crippen LogP contribution is -2.24. The van der Waals surface area contributed by atoms with Gasteiger partial charge in [0.05, 0.1) is 6.21 Å². The average Bonchev–Trinajstić information content (AvgIpc) is 2.67. The maximum absolute atomic E-state index is 11.9. The Morgan fingerprint density at radius 3 is 2.63 bits per heavy atom. The Morgan fingerprint density at radius 2 is 1.85 bits per heavy atom. The molecule has 0 spiro atoms. The van der Waals surface area contributed by atoms with Crippen LogP contribution in [0, 0.1) is 0 Å². The summed E-state index contributed by atoms with van der Waals surface area (Å²) in [6, 6.07) is 14.0. The molecule has 0 fully saturated rings. The Bertz CT molecular complexity index is 794. The van der Waals surface area contributed by atoms with E-state index in [9.17, 15) is 14.7 Å². The van der Waals surface area contributed by atoms with Crippen LogP contribution in [0.5, 0.6) is 5.75 Å². The first-order valence-corrected chi connectivity index (χ1v) is 9.49. The fourth-order valence-electron chi connectivity index (χ4n) is 2.34. The lowest BCUT2D eigenvalue weighted by Gasteiger charge is -2.05. The average molecular weight is 432 g/mol. The van der Waals surface area contributed by atoms with E-state index >= 15 is 0 Å². The van der Waals surface area contributed by atoms with E-state index in [0.29, 0.717) is 30.5 Å². The molecule has 0 aliphatic carbocycles. The molecule has 27 heavy (non-hydrogen) atoms. The summed E-state index contributed by atoms with van der Waals surface area (Å²) in [6.45, 7) is 0.579. The van der Waals surface area contributed by atoms with Crippen LogP contribution in [0.25, 0.3) is 0 Å². The van der Waals surface area contributed by atoms with Crippen molar-refractivity contribution in [3.63, 3.8) is 0 Å². The van der Waals surface area contributed by atoms with Crippen molar-refractivity contribution in [1.29, 1.82) is 0 Å². The fraction of sp³-hybridized carbons (Fsp3) is 0.250. The number of amides is 2. The molecule has 2 rings (SSSR count). The van der Waals surface area contributed by atoms with E-state index in [4.69, 9.17) is 0 Å². The number of rotatable bonds is 9. The van der Waals surface area contributed by atoms with Crippen LogP contribution in [0.1, 0.15) is 41.6 Å². The molecule has 0 unspecified atom stereocenters. The van der Waals surface area contributed by atoms with E-state index in [2.05, 4.69) is 31.8 Å². The van der Waals surface area contributed by atoms with Crippen LogP contribution in [0.15, 0.2) is 58.1 Å². The Hall–Kier alpha value is -2.67. The summed E-state index contributed by atoms with van der Waals surface area (Å²) in [5.41, 5.74) is 3.60. The molecule has 0 heterocycles. The van der Waals surface area contributed by atoms with E-state index in [0.717, 1.165) is 17.3 Å². The third-order valence-corrected chi connectivity index (χ3v) is 4.28. The molecular weight excluding hydrogens is 410 g/mol. The standard InChI is InChI=1S/C20H22BrN3O3/c21-17-10-11-18(25)16(13-17)14-23-24-19(26)9-5-2-6-12-22-20(27)15-7-3-1-4-8-15/h1,3-4,7-8,10-11,13-14,25H,2,5-6,9,12H2,(H,22,27)(H,24,26). The molecule has 0 aromatic heterocycles. The quantitative estimate of drug-likeness (QED) is 0.321. The second kappa shape index (κ2) is 11.1. The zero-order valence-electron chi connectivity index (χ0n) is 14.8. The van der Waals surface area contributed by atoms with Gasteiger partial charge >= 0.3 is 0 Å². The fourth-order valence-corrected chi connectivity index (χ4v) is 2.72. The summed E-state index contributed by atoms with van der Waals surface area (Å²) in [4.78, 5) is 23.6. The van der Waals surface area contributed by atoms with Crippen molar-refractivity contribution < 1.29 is 14.7 Å². The lowest BCUT2D eigenvalue weighted by atomic mass is 10.2. The van der Waals surface area contributed by atoms with Crippen LogP contribution in [0.2, 0.25) is 0 Å². The molecule has 2 aromatic rings. The SMILES string of the molecule is O=C(CCCCCNC(=O)c1ccccc1)NN=Cc1cc(Br)ccc1O. The third-order valence-electron chi connectivity index (χ3n) is 3.78. The van der Waals surface area contributed by atoms with Gasteiger partial charge in [0.25, 0.3) is 5.91 Å². The number of phenols is 1. The first-order chi connectivity index (χ1) is 13.1. The largest absolute Gasteiger partial charge is 0.507 e. The third kappa shape index (κ3) is 7.62. The van der Waals surface area contributed by atoms with Crippen molar-refractivity contribution in [3.05, 3.63) is 64.1 Å². The van der Waals surface area contributed by atoms with Crippen molar-refractivity contribution >= 4 is 34.0 Å². The van der Waals surface area contributed by atoms with Gasteiger partial charge in [0.1, 0.15) is 5.75 Å². The van der Waals surface area contributed by atoms with Crippen molar-refractivity contribution in [1.82, 2.24) is 10.7 Å². The highest BCUT2D eigenvalue weighted by atomic mass is 79.9. The molecule has 0 aliphatic rings. The number of nitrogens with one attached hydrogen (secondary N) is 2. The van der Waals surface area contributed by atoms with Crippen LogP contribution < -0.4 is 10.7 Å². The molecule has 142 valence electrons. The number of nitrogens with zero attached hydrogens (tertiary/aromatic N) is 1. The number of phenolic OH excluding ortho intramolecular Hbond substituents is 1. The van der Waals surface area contributed by atoms with Gasteiger partial charge in [-0.15, -0.1) is 0 Å². The molecule has 0 bridgehead atoms. The lowest BCUT2D eigenvalue weighted by molar-refractivity contribution is -0.121. The normalized spacial score (nSPS) is 10.7. The highest BCUT2D eigenvalue weighted by molar-refractivity contribution is 9.10. The molecule has 2 amide bonds. The number of unbranched alkanes of at least 4 members (excludes halogenated alkanes) is 2. The van der Waals surface area contributed by atoms with Crippen molar-refractivity contribution in [2.45, 2.75) is 25.7 Å². The summed E-state index contributed by atoms with van der Waals surface area (Å²) in [6.07, 6.45) is 4.11. The van der Waals surface area contributed by atoms with Crippen LogP contribution >= 0.6 is 15.9 Å². The Morgan fingerprint density at radius 1 is 1.07 bits per heavy atom. The molecule has 2 aromatic carbocycles. The molecule has 0 saturated heterocycles. The Labute approximate surface area is 166 Å². The Kier molecular flexibility index (Phi) is 8.51. The van der Waals surface area contributed by atoms with Crippen LogP contribution in [0.3, 0.4) is 0 Å². The summed E-state index contributed by atoms with van der Waals surface area (Å²) < 4.78 is 0.812. The van der Waals surface area contributed by atoms with E-state index in [1.807, 2.05) is 18.2 Å². The summed E-state index contributed by atoms with van der Waals surface area (Å²) >= 11 is 3.31. The van der Waals surface area contributed by atoms with Crippen LogP contribution in [-0.2, 0) is 4.79 Å². The zero-order valence-corrected chi connectivity index (χ0v) is 16.4. The van der Waals surface area contributed by atoms with Gasteiger partial charge in [-0.1, -0.05) is 40.5 Å². The monoisotopic (exact) mass is 431 g/mol. The molecular formula is C20H22BrN3O3. The maximum Gasteiger partial charge on any atom is 0.251 e. The van der Waals surface area contributed by atoms with Gasteiger partial charge in [-0.25, -0.2) is 5.43 Å². The highest BCUT2D eigenvalue weighted by Gasteiger charge is 2.04. The molecule has 3 N–H and O–H groups in total. The second-order valence-corrected chi connectivity index (χ2v) is 6.84. The number of halogens is 1. The molecule has 0 radical (unpaired) electrons. The van der Waals surface area contributed by atoms with Gasteiger partial charge in [-0.05, 0) is 43.2 Å². The number of aromatic hydroxyl groups is 1. The number of hydrazone groups is 1. The van der Waals surface area contributed by atoms with Gasteiger partial charge in [-0.3, -0.25) is 9.59 Å². The summed E-state index contributed by atoms with van der Waals surface area (Å²) in [5.74, 6) is -0.179. The number of carbonyl (C=O) groups excluding carboxylic acids is 2. The van der Waals surface area contributed by atoms with E-state index in [-0.39, 0.29) is 17.6 Å². The van der Waals surface area contributed by atoms with E-state index in [1.165, 1.54) is 6.21 Å². The molecule has 6 nitrogen and oxygen atoms in total. The minimum atomic E-state index is -0.186. The molecule has 0 aliphatic heterocycles. The second-order valence-electron chi connectivity index (χ2n) is 5.93. The van der Waals surface area contributed by atoms with Gasteiger partial charge in [0, 0.05) is 28.6 Å². The zero-order chi connectivity index (χ0) is 19.5. The Balaban J connectivity index is 1.57. The van der Waals surface area contributed by atoms with E-state index in [1.54, 1.807) is 30.3 Å². The van der Waals surface area contributed by atoms with Crippen LogP contribution in [0.4, 0.5) is 0 Å². The summed E-state index contributed by atoms with van der Waals surface area (Å²) in [5, 5.41) is 16.4. The molecule has 7 heteroatoms. The van der Waals surface area contributed by atoms with Crippen molar-refractivity contribution in [3.8, 4) is 5.75 Å². The predicted molar refractivity (Wildman–Crippen MR) is 109 cm³/mol.